The molecule has 1 aliphatic heterocycles. The zero-order valence-electron chi connectivity index (χ0n) is 13.8. The normalized spacial score (nSPS) is 22.5. The van der Waals surface area contributed by atoms with Gasteiger partial charge in [0.05, 0.1) is 18.8 Å². The number of morpholine rings is 1. The Morgan fingerprint density at radius 1 is 1.43 bits per heavy atom. The van der Waals surface area contributed by atoms with Gasteiger partial charge in [0, 0.05) is 26.2 Å². The summed E-state index contributed by atoms with van der Waals surface area (Å²) in [6.45, 7) is 12.7. The van der Waals surface area contributed by atoms with E-state index in [4.69, 9.17) is 10.5 Å². The molecule has 126 valence electrons. The van der Waals surface area contributed by atoms with Gasteiger partial charge in [-0.3, -0.25) is 9.69 Å². The summed E-state index contributed by atoms with van der Waals surface area (Å²) in [5.41, 5.74) is 5.92. The summed E-state index contributed by atoms with van der Waals surface area (Å²) in [6.07, 6.45) is 0.993. The van der Waals surface area contributed by atoms with Crippen LogP contribution in [-0.2, 0) is 9.53 Å². The maximum Gasteiger partial charge on any atom is 0.237 e. The summed E-state index contributed by atoms with van der Waals surface area (Å²) in [6, 6.07) is -0.421. The molecule has 0 aromatic rings. The molecule has 3 unspecified atom stereocenters. The lowest BCUT2D eigenvalue weighted by Gasteiger charge is -2.34. The fraction of sp³-hybridized carbons (Fsp3) is 0.933. The Kier molecular flexibility index (Phi) is 10.2. The molecule has 21 heavy (non-hydrogen) atoms. The van der Waals surface area contributed by atoms with Crippen LogP contribution in [0.15, 0.2) is 0 Å². The number of hydrogen-bond donors (Lipinski definition) is 2. The Morgan fingerprint density at radius 3 is 2.67 bits per heavy atom. The Hall–Kier alpha value is -0.360. The number of rotatable bonds is 7. The molecule has 0 aliphatic carbocycles. The van der Waals surface area contributed by atoms with Crippen LogP contribution in [0.5, 0.6) is 0 Å². The first-order valence-corrected chi connectivity index (χ1v) is 7.81. The molecule has 0 aromatic heterocycles. The summed E-state index contributed by atoms with van der Waals surface area (Å²) in [7, 11) is 0. The fourth-order valence-electron chi connectivity index (χ4n) is 2.43. The minimum Gasteiger partial charge on any atom is -0.374 e. The van der Waals surface area contributed by atoms with E-state index in [0.717, 1.165) is 32.7 Å². The van der Waals surface area contributed by atoms with Crippen LogP contribution in [0.3, 0.4) is 0 Å². The summed E-state index contributed by atoms with van der Waals surface area (Å²) >= 11 is 0. The van der Waals surface area contributed by atoms with Gasteiger partial charge in [0.25, 0.3) is 0 Å². The molecule has 1 fully saturated rings. The van der Waals surface area contributed by atoms with Crippen LogP contribution >= 0.6 is 12.4 Å². The first-order valence-electron chi connectivity index (χ1n) is 7.81. The van der Waals surface area contributed by atoms with E-state index >= 15 is 0 Å². The largest absolute Gasteiger partial charge is 0.374 e. The zero-order chi connectivity index (χ0) is 15.1. The van der Waals surface area contributed by atoms with Gasteiger partial charge in [0.2, 0.25) is 5.91 Å². The third kappa shape index (κ3) is 7.45. The van der Waals surface area contributed by atoms with E-state index in [-0.39, 0.29) is 30.3 Å². The van der Waals surface area contributed by atoms with Gasteiger partial charge in [-0.1, -0.05) is 34.1 Å². The molecule has 3 N–H and O–H groups in total. The Bertz CT molecular complexity index is 303. The van der Waals surface area contributed by atoms with Crippen molar-refractivity contribution in [1.82, 2.24) is 10.2 Å². The second-order valence-electron chi connectivity index (χ2n) is 6.30. The lowest BCUT2D eigenvalue weighted by molar-refractivity contribution is -0.124. The average molecular weight is 322 g/mol. The molecule has 3 atom stereocenters. The van der Waals surface area contributed by atoms with Crippen LogP contribution in [0.2, 0.25) is 0 Å². The van der Waals surface area contributed by atoms with Crippen molar-refractivity contribution in [1.29, 1.82) is 0 Å². The molecule has 6 heteroatoms. The molecule has 0 aromatic carbocycles. The number of nitrogens with one attached hydrogen (secondary N) is 1. The Balaban J connectivity index is 0.00000400. The predicted molar refractivity (Wildman–Crippen MR) is 88.7 cm³/mol. The molecular formula is C15H32ClN3O2. The van der Waals surface area contributed by atoms with Crippen LogP contribution in [0.1, 0.15) is 34.1 Å². The molecule has 0 spiro atoms. The Morgan fingerprint density at radius 2 is 2.10 bits per heavy atom. The quantitative estimate of drug-likeness (QED) is 0.740. The number of amides is 1. The highest BCUT2D eigenvalue weighted by Crippen LogP contribution is 2.08. The maximum absolute atomic E-state index is 11.9. The highest BCUT2D eigenvalue weighted by atomic mass is 35.5. The van der Waals surface area contributed by atoms with Gasteiger partial charge in [-0.2, -0.15) is 0 Å². The van der Waals surface area contributed by atoms with Gasteiger partial charge in [-0.25, -0.2) is 0 Å². The van der Waals surface area contributed by atoms with E-state index in [0.29, 0.717) is 12.5 Å². The number of carbonyl (C=O) groups is 1. The number of nitrogens with zero attached hydrogens (tertiary/aromatic N) is 1. The summed E-state index contributed by atoms with van der Waals surface area (Å²) < 4.78 is 5.71. The molecule has 1 heterocycles. The van der Waals surface area contributed by atoms with E-state index in [2.05, 4.69) is 24.1 Å². The smallest absolute Gasteiger partial charge is 0.237 e. The predicted octanol–water partition coefficient (Wildman–Crippen LogP) is 1.25. The van der Waals surface area contributed by atoms with Crippen LogP contribution in [0.25, 0.3) is 0 Å². The lowest BCUT2D eigenvalue weighted by atomic mass is 9.99. The van der Waals surface area contributed by atoms with E-state index in [1.807, 2.05) is 13.8 Å². The van der Waals surface area contributed by atoms with Crippen molar-refractivity contribution in [3.8, 4) is 0 Å². The average Bonchev–Trinajstić information content (AvgIpc) is 2.42. The van der Waals surface area contributed by atoms with Crippen molar-refractivity contribution < 1.29 is 9.53 Å². The van der Waals surface area contributed by atoms with Crippen molar-refractivity contribution in [2.75, 3.05) is 32.8 Å². The van der Waals surface area contributed by atoms with Crippen molar-refractivity contribution in [2.45, 2.75) is 46.3 Å². The number of ether oxygens (including phenoxy) is 1. The molecule has 1 rings (SSSR count). The van der Waals surface area contributed by atoms with Gasteiger partial charge < -0.3 is 15.8 Å². The molecule has 1 saturated heterocycles. The van der Waals surface area contributed by atoms with Crippen LogP contribution in [0, 0.1) is 11.8 Å². The van der Waals surface area contributed by atoms with Gasteiger partial charge in [0.15, 0.2) is 0 Å². The fourth-order valence-corrected chi connectivity index (χ4v) is 2.43. The topological polar surface area (TPSA) is 67.6 Å². The van der Waals surface area contributed by atoms with Crippen LogP contribution < -0.4 is 11.1 Å². The van der Waals surface area contributed by atoms with Gasteiger partial charge in [-0.05, 0) is 11.8 Å². The van der Waals surface area contributed by atoms with E-state index in [1.165, 1.54) is 0 Å². The first-order chi connectivity index (χ1) is 9.43. The first kappa shape index (κ1) is 20.6. The van der Waals surface area contributed by atoms with Crippen molar-refractivity contribution in [2.24, 2.45) is 17.6 Å². The highest BCUT2D eigenvalue weighted by molar-refractivity contribution is 5.85. The lowest BCUT2D eigenvalue weighted by Crippen LogP contribution is -2.51. The maximum atomic E-state index is 11.9. The van der Waals surface area contributed by atoms with Crippen molar-refractivity contribution in [3.05, 3.63) is 0 Å². The van der Waals surface area contributed by atoms with Crippen LogP contribution in [0.4, 0.5) is 0 Å². The van der Waals surface area contributed by atoms with Crippen LogP contribution in [-0.4, -0.2) is 55.7 Å². The second-order valence-corrected chi connectivity index (χ2v) is 6.30. The number of hydrogen-bond acceptors (Lipinski definition) is 4. The third-order valence-electron chi connectivity index (χ3n) is 3.91. The molecule has 1 aliphatic rings. The van der Waals surface area contributed by atoms with Crippen molar-refractivity contribution in [3.63, 3.8) is 0 Å². The molecule has 5 nitrogen and oxygen atoms in total. The standard InChI is InChI=1S/C15H31N3O2.ClH/c1-5-12(4)14(16)15(19)17-8-13-10-18(6-7-20-13)9-11(2)3;/h11-14H,5-10,16H2,1-4H3,(H,17,19);1H. The SMILES string of the molecule is CCC(C)C(N)C(=O)NCC1CN(CC(C)C)CCO1.Cl. The van der Waals surface area contributed by atoms with E-state index < -0.39 is 6.04 Å². The van der Waals surface area contributed by atoms with Crippen molar-refractivity contribution >= 4 is 18.3 Å². The van der Waals surface area contributed by atoms with Gasteiger partial charge in [0.1, 0.15) is 0 Å². The minimum absolute atomic E-state index is 0. The monoisotopic (exact) mass is 321 g/mol. The second kappa shape index (κ2) is 10.4. The summed E-state index contributed by atoms with van der Waals surface area (Å²) in [5, 5.41) is 2.93. The highest BCUT2D eigenvalue weighted by Gasteiger charge is 2.24. The molecular weight excluding hydrogens is 290 g/mol. The molecule has 0 bridgehead atoms. The number of carbonyl (C=O) groups excluding carboxylic acids is 1. The number of halogens is 1. The Labute approximate surface area is 135 Å². The van der Waals surface area contributed by atoms with E-state index in [9.17, 15) is 4.79 Å². The van der Waals surface area contributed by atoms with E-state index in [1.54, 1.807) is 0 Å². The van der Waals surface area contributed by atoms with Gasteiger partial charge >= 0.3 is 0 Å². The summed E-state index contributed by atoms with van der Waals surface area (Å²) in [4.78, 5) is 14.3. The molecule has 1 amide bonds. The van der Waals surface area contributed by atoms with Gasteiger partial charge in [-0.15, -0.1) is 12.4 Å². The zero-order valence-corrected chi connectivity index (χ0v) is 14.6. The molecule has 0 radical (unpaired) electrons. The third-order valence-corrected chi connectivity index (χ3v) is 3.91. The minimum atomic E-state index is -0.421. The molecule has 0 saturated carbocycles. The summed E-state index contributed by atoms with van der Waals surface area (Å²) in [5.74, 6) is 0.797. The number of nitrogens with two attached hydrogens (primary N) is 1.